The molecular formula is C21H24N2O4. The number of aliphatic hydroxyl groups excluding tert-OH is 1. The fourth-order valence-corrected chi connectivity index (χ4v) is 6.92. The number of piperidine rings is 1. The molecular weight excluding hydrogens is 344 g/mol. The summed E-state index contributed by atoms with van der Waals surface area (Å²) in [5.74, 6) is 0.202. The molecule has 142 valence electrons. The van der Waals surface area contributed by atoms with Gasteiger partial charge in [0.2, 0.25) is 0 Å². The molecule has 1 amide bonds. The maximum Gasteiger partial charge on any atom is 0.253 e. The highest BCUT2D eigenvalue weighted by Gasteiger charge is 2.75. The third-order valence-electron chi connectivity index (χ3n) is 8.01. The van der Waals surface area contributed by atoms with Crippen molar-refractivity contribution in [2.45, 2.75) is 43.1 Å². The predicted octanol–water partition coefficient (Wildman–Crippen LogP) is 0.978. The molecule has 4 heterocycles. The lowest BCUT2D eigenvalue weighted by Crippen LogP contribution is -2.72. The molecule has 6 atom stereocenters. The van der Waals surface area contributed by atoms with E-state index in [9.17, 15) is 15.0 Å². The average Bonchev–Trinajstić information content (AvgIpc) is 3.16. The maximum atomic E-state index is 12.9. The number of benzene rings is 1. The molecule has 1 saturated carbocycles. The van der Waals surface area contributed by atoms with E-state index in [1.165, 1.54) is 0 Å². The first kappa shape index (κ1) is 16.1. The van der Waals surface area contributed by atoms with E-state index >= 15 is 0 Å². The highest BCUT2D eigenvalue weighted by molar-refractivity contribution is 5.99. The molecule has 27 heavy (non-hydrogen) atoms. The number of nitrogens with zero attached hydrogens (tertiary/aromatic N) is 2. The first-order valence-corrected chi connectivity index (χ1v) is 9.88. The van der Waals surface area contributed by atoms with Crippen molar-refractivity contribution >= 4 is 11.6 Å². The van der Waals surface area contributed by atoms with Crippen LogP contribution in [0.2, 0.25) is 0 Å². The summed E-state index contributed by atoms with van der Waals surface area (Å²) in [6, 6.07) is 7.60. The number of rotatable bonds is 1. The van der Waals surface area contributed by atoms with Gasteiger partial charge in [-0.1, -0.05) is 18.2 Å². The van der Waals surface area contributed by atoms with Crippen molar-refractivity contribution in [2.24, 2.45) is 11.8 Å². The number of anilines is 1. The van der Waals surface area contributed by atoms with Gasteiger partial charge in [-0.3, -0.25) is 9.69 Å². The molecule has 6 heteroatoms. The van der Waals surface area contributed by atoms with E-state index in [0.717, 1.165) is 36.3 Å². The van der Waals surface area contributed by atoms with Crippen LogP contribution in [0.4, 0.5) is 5.69 Å². The smallest absolute Gasteiger partial charge is 0.253 e. The lowest BCUT2D eigenvalue weighted by Gasteiger charge is -2.61. The van der Waals surface area contributed by atoms with Crippen LogP contribution in [0.15, 0.2) is 36.1 Å². The fraction of sp³-hybridized carbons (Fsp3) is 0.571. The quantitative estimate of drug-likeness (QED) is 0.773. The Morgan fingerprint density at radius 2 is 2.19 bits per heavy atom. The molecule has 2 bridgehead atoms. The second-order valence-corrected chi connectivity index (χ2v) is 8.76. The van der Waals surface area contributed by atoms with Gasteiger partial charge >= 0.3 is 0 Å². The van der Waals surface area contributed by atoms with Crippen molar-refractivity contribution < 1.29 is 19.7 Å². The average molecular weight is 368 g/mol. The predicted molar refractivity (Wildman–Crippen MR) is 97.8 cm³/mol. The Hall–Kier alpha value is -1.89. The normalized spacial score (nSPS) is 43.7. The van der Waals surface area contributed by atoms with Crippen molar-refractivity contribution in [3.05, 3.63) is 41.7 Å². The molecule has 2 N–H and O–H groups in total. The SMILES string of the molecule is C[C@H]1OC=C2[C@H]3C[C@]4(O)N(CC[C@@]45c4ccccc4N(C(=O)CO)[C@@H]25)C[C@H]31. The van der Waals surface area contributed by atoms with Crippen LogP contribution >= 0.6 is 0 Å². The van der Waals surface area contributed by atoms with Gasteiger partial charge in [-0.15, -0.1) is 0 Å². The lowest BCUT2D eigenvalue weighted by atomic mass is 9.54. The zero-order valence-corrected chi connectivity index (χ0v) is 15.3. The van der Waals surface area contributed by atoms with Gasteiger partial charge in [0.05, 0.1) is 23.8 Å². The summed E-state index contributed by atoms with van der Waals surface area (Å²) in [5, 5.41) is 21.8. The summed E-state index contributed by atoms with van der Waals surface area (Å²) in [4.78, 5) is 16.8. The monoisotopic (exact) mass is 368 g/mol. The van der Waals surface area contributed by atoms with Gasteiger partial charge < -0.3 is 19.8 Å². The summed E-state index contributed by atoms with van der Waals surface area (Å²) in [7, 11) is 0. The molecule has 1 spiro atoms. The van der Waals surface area contributed by atoms with Gasteiger partial charge in [0.25, 0.3) is 5.91 Å². The first-order chi connectivity index (χ1) is 13.0. The van der Waals surface area contributed by atoms with Crippen molar-refractivity contribution in [2.75, 3.05) is 24.6 Å². The molecule has 1 aromatic carbocycles. The topological polar surface area (TPSA) is 73.2 Å². The van der Waals surface area contributed by atoms with Crippen LogP contribution in [0, 0.1) is 11.8 Å². The highest BCUT2D eigenvalue weighted by Crippen LogP contribution is 2.67. The molecule has 3 fully saturated rings. The zero-order chi connectivity index (χ0) is 18.6. The lowest BCUT2D eigenvalue weighted by molar-refractivity contribution is -0.198. The third kappa shape index (κ3) is 1.59. The molecule has 4 aliphatic heterocycles. The van der Waals surface area contributed by atoms with E-state index in [4.69, 9.17) is 4.74 Å². The van der Waals surface area contributed by atoms with Crippen LogP contribution in [0.25, 0.3) is 0 Å². The Morgan fingerprint density at radius 3 is 3.00 bits per heavy atom. The largest absolute Gasteiger partial charge is 0.498 e. The number of aliphatic hydroxyl groups is 2. The van der Waals surface area contributed by atoms with Gasteiger partial charge in [0.1, 0.15) is 12.3 Å². The number of hydrogen-bond donors (Lipinski definition) is 2. The Bertz CT molecular complexity index is 885. The van der Waals surface area contributed by atoms with Gasteiger partial charge in [-0.05, 0) is 42.9 Å². The van der Waals surface area contributed by atoms with Crippen LogP contribution in [-0.4, -0.2) is 58.6 Å². The molecule has 2 saturated heterocycles. The highest BCUT2D eigenvalue weighted by atomic mass is 16.5. The Balaban J connectivity index is 1.66. The summed E-state index contributed by atoms with van der Waals surface area (Å²) < 4.78 is 6.03. The van der Waals surface area contributed by atoms with Crippen LogP contribution in [0.5, 0.6) is 0 Å². The van der Waals surface area contributed by atoms with Crippen molar-refractivity contribution in [1.82, 2.24) is 4.90 Å². The molecule has 6 rings (SSSR count). The van der Waals surface area contributed by atoms with Crippen LogP contribution in [-0.2, 0) is 14.9 Å². The number of carbonyl (C=O) groups is 1. The Morgan fingerprint density at radius 1 is 1.37 bits per heavy atom. The van der Waals surface area contributed by atoms with Crippen LogP contribution < -0.4 is 4.90 Å². The standard InChI is InChI=1S/C21H24N2O4/c1-12-14-9-22-7-6-20-16-4-2-3-5-17(16)23(18(25)10-24)19(20)15(11-27-12)13(14)8-21(20,22)26/h2-5,11-14,19,24,26H,6-10H2,1H3/t12-,13+,14+,19+,20+,21-/m1/s1. The molecule has 0 aromatic heterocycles. The van der Waals surface area contributed by atoms with E-state index in [1.807, 2.05) is 30.5 Å². The Labute approximate surface area is 158 Å². The van der Waals surface area contributed by atoms with E-state index in [2.05, 4.69) is 11.8 Å². The maximum absolute atomic E-state index is 12.9. The van der Waals surface area contributed by atoms with Crippen molar-refractivity contribution in [3.63, 3.8) is 0 Å². The molecule has 5 aliphatic rings. The minimum atomic E-state index is -0.964. The van der Waals surface area contributed by atoms with Gasteiger partial charge in [-0.25, -0.2) is 0 Å². The number of amides is 1. The van der Waals surface area contributed by atoms with Gasteiger partial charge in [-0.2, -0.15) is 0 Å². The fourth-order valence-electron chi connectivity index (χ4n) is 6.92. The van der Waals surface area contributed by atoms with Crippen LogP contribution in [0.1, 0.15) is 25.3 Å². The van der Waals surface area contributed by atoms with Crippen molar-refractivity contribution in [3.8, 4) is 0 Å². The van der Waals surface area contributed by atoms with Gasteiger partial charge in [0, 0.05) is 24.7 Å². The zero-order valence-electron chi connectivity index (χ0n) is 15.3. The molecule has 1 aliphatic carbocycles. The second-order valence-electron chi connectivity index (χ2n) is 8.76. The van der Waals surface area contributed by atoms with Crippen molar-refractivity contribution in [1.29, 1.82) is 0 Å². The summed E-state index contributed by atoms with van der Waals surface area (Å²) >= 11 is 0. The number of ether oxygens (including phenoxy) is 1. The second kappa shape index (κ2) is 4.93. The van der Waals surface area contributed by atoms with Gasteiger partial charge in [0.15, 0.2) is 0 Å². The minimum absolute atomic E-state index is 0.0992. The minimum Gasteiger partial charge on any atom is -0.498 e. The van der Waals surface area contributed by atoms with E-state index in [1.54, 1.807) is 4.90 Å². The van der Waals surface area contributed by atoms with E-state index < -0.39 is 17.7 Å². The molecule has 0 unspecified atom stereocenters. The molecule has 6 nitrogen and oxygen atoms in total. The van der Waals surface area contributed by atoms with E-state index in [-0.39, 0.29) is 24.0 Å². The molecule has 1 aromatic rings. The Kier molecular flexibility index (Phi) is 2.94. The van der Waals surface area contributed by atoms with Crippen LogP contribution in [0.3, 0.4) is 0 Å². The third-order valence-corrected chi connectivity index (χ3v) is 8.01. The number of fused-ring (bicyclic) bond motifs is 2. The number of hydrogen-bond acceptors (Lipinski definition) is 5. The first-order valence-electron chi connectivity index (χ1n) is 9.88. The van der Waals surface area contributed by atoms with E-state index in [0.29, 0.717) is 12.3 Å². The summed E-state index contributed by atoms with van der Waals surface area (Å²) in [5.41, 5.74) is 1.43. The number of para-hydroxylation sites is 1. The number of carbonyl (C=O) groups excluding carboxylic acids is 1. The molecule has 0 radical (unpaired) electrons. The summed E-state index contributed by atoms with van der Waals surface area (Å²) in [6.45, 7) is 3.19. The summed E-state index contributed by atoms with van der Waals surface area (Å²) in [6.07, 6.45) is 3.44.